The number of rotatable bonds is 10. The van der Waals surface area contributed by atoms with Gasteiger partial charge in [-0.3, -0.25) is 14.4 Å². The van der Waals surface area contributed by atoms with E-state index in [9.17, 15) is 19.2 Å². The average Bonchev–Trinajstić information content (AvgIpc) is 2.59. The Bertz CT molecular complexity index is 791. The fourth-order valence-corrected chi connectivity index (χ4v) is 2.79. The fraction of sp³-hybridized carbons (Fsp3) is 0.500. The van der Waals surface area contributed by atoms with Crippen molar-refractivity contribution in [3.8, 4) is 0 Å². The lowest BCUT2D eigenvalue weighted by Crippen LogP contribution is -2.46. The monoisotopic (exact) mass is 441 g/mol. The topological polar surface area (TPSA) is 148 Å². The zero-order valence-electron chi connectivity index (χ0n) is 17.3. The van der Waals surface area contributed by atoms with Crippen molar-refractivity contribution < 1.29 is 29.0 Å². The molecule has 0 spiro atoms. The molecule has 1 rings (SSSR count). The molecule has 10 heteroatoms. The van der Waals surface area contributed by atoms with E-state index in [0.29, 0.717) is 24.1 Å². The Hall–Kier alpha value is -2.81. The first-order chi connectivity index (χ1) is 13.9. The molecule has 0 aliphatic heterocycles. The third kappa shape index (κ3) is 9.60. The van der Waals surface area contributed by atoms with Gasteiger partial charge in [0, 0.05) is 12.8 Å². The minimum Gasteiger partial charge on any atom is -0.481 e. The summed E-state index contributed by atoms with van der Waals surface area (Å²) in [5.41, 5.74) is 5.39. The summed E-state index contributed by atoms with van der Waals surface area (Å²) in [5.74, 6) is -2.11. The van der Waals surface area contributed by atoms with Gasteiger partial charge in [0.1, 0.15) is 11.6 Å². The number of carboxylic acids is 1. The lowest BCUT2D eigenvalue weighted by atomic mass is 10.1. The van der Waals surface area contributed by atoms with Gasteiger partial charge in [0.05, 0.1) is 10.7 Å². The lowest BCUT2D eigenvalue weighted by molar-refractivity contribution is -0.137. The highest BCUT2D eigenvalue weighted by molar-refractivity contribution is 6.34. The molecule has 0 fully saturated rings. The van der Waals surface area contributed by atoms with Gasteiger partial charge in [0.25, 0.3) is 0 Å². The maximum atomic E-state index is 12.7. The van der Waals surface area contributed by atoms with Gasteiger partial charge < -0.3 is 26.2 Å². The van der Waals surface area contributed by atoms with Crippen LogP contribution >= 0.6 is 11.6 Å². The maximum Gasteiger partial charge on any atom is 0.408 e. The Kier molecular flexibility index (Phi) is 9.58. The van der Waals surface area contributed by atoms with Gasteiger partial charge in [-0.2, -0.15) is 0 Å². The van der Waals surface area contributed by atoms with Crippen molar-refractivity contribution in [2.45, 2.75) is 64.5 Å². The molecule has 1 atom stereocenters. The van der Waals surface area contributed by atoms with Crippen molar-refractivity contribution in [2.24, 2.45) is 5.73 Å². The van der Waals surface area contributed by atoms with Crippen LogP contribution in [0.1, 0.15) is 52.0 Å². The van der Waals surface area contributed by atoms with Crippen molar-refractivity contribution >= 4 is 41.2 Å². The Balaban J connectivity index is 2.90. The first-order valence-electron chi connectivity index (χ1n) is 9.47. The Morgan fingerprint density at radius 1 is 1.20 bits per heavy atom. The maximum absolute atomic E-state index is 12.7. The van der Waals surface area contributed by atoms with E-state index in [1.54, 1.807) is 39.0 Å². The highest BCUT2D eigenvalue weighted by atomic mass is 35.5. The van der Waals surface area contributed by atoms with Crippen molar-refractivity contribution in [3.63, 3.8) is 0 Å². The van der Waals surface area contributed by atoms with Crippen LogP contribution < -0.4 is 16.4 Å². The number of primary amides is 1. The van der Waals surface area contributed by atoms with Gasteiger partial charge in [-0.25, -0.2) is 4.79 Å². The molecule has 0 radical (unpaired) electrons. The summed E-state index contributed by atoms with van der Waals surface area (Å²) in [6.07, 6.45) is -0.111. The van der Waals surface area contributed by atoms with E-state index < -0.39 is 35.5 Å². The third-order valence-corrected chi connectivity index (χ3v) is 4.31. The van der Waals surface area contributed by atoms with Crippen molar-refractivity contribution in [1.82, 2.24) is 5.32 Å². The van der Waals surface area contributed by atoms with E-state index in [1.807, 2.05) is 0 Å². The van der Waals surface area contributed by atoms with E-state index in [-0.39, 0.29) is 24.3 Å². The van der Waals surface area contributed by atoms with Crippen molar-refractivity contribution in [1.29, 1.82) is 0 Å². The minimum absolute atomic E-state index is 0.00190. The summed E-state index contributed by atoms with van der Waals surface area (Å²) in [6.45, 7) is 5.04. The number of benzene rings is 1. The van der Waals surface area contributed by atoms with Crippen LogP contribution in [0.2, 0.25) is 5.02 Å². The van der Waals surface area contributed by atoms with Crippen LogP contribution in [0, 0.1) is 0 Å². The highest BCUT2D eigenvalue weighted by Gasteiger charge is 2.25. The number of ether oxygens (including phenoxy) is 1. The summed E-state index contributed by atoms with van der Waals surface area (Å²) < 4.78 is 5.16. The molecule has 0 heterocycles. The number of amides is 3. The number of alkyl carbamates (subject to hydrolysis) is 1. The summed E-state index contributed by atoms with van der Waals surface area (Å²) in [7, 11) is 0. The number of aliphatic carboxylic acids is 1. The molecule has 5 N–H and O–H groups in total. The number of nitrogens with two attached hydrogens (primary N) is 1. The smallest absolute Gasteiger partial charge is 0.408 e. The normalized spacial score (nSPS) is 12.0. The van der Waals surface area contributed by atoms with E-state index in [1.165, 1.54) is 0 Å². The Morgan fingerprint density at radius 3 is 2.43 bits per heavy atom. The SMILES string of the molecule is CC(C)(C)OC(=O)NC(CCC(N)=O)C(=O)Nc1cccc(CCCC(=O)O)c1Cl. The molecule has 1 aromatic carbocycles. The quantitative estimate of drug-likeness (QED) is 0.438. The van der Waals surface area contributed by atoms with Crippen molar-refractivity contribution in [3.05, 3.63) is 28.8 Å². The molecule has 3 amide bonds. The Morgan fingerprint density at radius 2 is 1.87 bits per heavy atom. The lowest BCUT2D eigenvalue weighted by Gasteiger charge is -2.23. The molecule has 166 valence electrons. The number of carbonyl (C=O) groups excluding carboxylic acids is 3. The van der Waals surface area contributed by atoms with E-state index in [4.69, 9.17) is 27.2 Å². The summed E-state index contributed by atoms with van der Waals surface area (Å²) in [5, 5.41) is 14.1. The molecule has 0 saturated heterocycles. The number of halogens is 1. The molecular weight excluding hydrogens is 414 g/mol. The average molecular weight is 442 g/mol. The minimum atomic E-state index is -1.07. The Labute approximate surface area is 180 Å². The van der Waals surface area contributed by atoms with E-state index in [0.717, 1.165) is 0 Å². The van der Waals surface area contributed by atoms with Gasteiger partial charge >= 0.3 is 12.1 Å². The zero-order chi connectivity index (χ0) is 22.9. The van der Waals surface area contributed by atoms with Crippen LogP contribution in [-0.2, 0) is 25.5 Å². The van der Waals surface area contributed by atoms with Crippen LogP contribution in [0.4, 0.5) is 10.5 Å². The molecule has 0 aromatic heterocycles. The molecule has 0 bridgehead atoms. The van der Waals surface area contributed by atoms with Crippen LogP contribution in [-0.4, -0.2) is 40.6 Å². The highest BCUT2D eigenvalue weighted by Crippen LogP contribution is 2.27. The molecule has 1 aromatic rings. The van der Waals surface area contributed by atoms with Gasteiger partial charge in [-0.15, -0.1) is 0 Å². The second-order valence-electron chi connectivity index (χ2n) is 7.72. The molecule has 9 nitrogen and oxygen atoms in total. The standard InChI is InChI=1S/C20H28ClN3O6/c1-20(2,3)30-19(29)24-14(10-11-15(22)25)18(28)23-13-8-4-6-12(17(13)21)7-5-9-16(26)27/h4,6,8,14H,5,7,9-11H2,1-3H3,(H2,22,25)(H,23,28)(H,24,29)(H,26,27). The zero-order valence-corrected chi connectivity index (χ0v) is 18.0. The predicted molar refractivity (Wildman–Crippen MR) is 112 cm³/mol. The number of carbonyl (C=O) groups is 4. The van der Waals surface area contributed by atoms with Crippen LogP contribution in [0.5, 0.6) is 0 Å². The van der Waals surface area contributed by atoms with Crippen LogP contribution in [0.3, 0.4) is 0 Å². The summed E-state index contributed by atoms with van der Waals surface area (Å²) in [6, 6.07) is 3.93. The van der Waals surface area contributed by atoms with Gasteiger partial charge in [0.2, 0.25) is 11.8 Å². The molecule has 0 aliphatic rings. The third-order valence-electron chi connectivity index (χ3n) is 3.86. The largest absolute Gasteiger partial charge is 0.481 e. The van der Waals surface area contributed by atoms with Gasteiger partial charge in [-0.05, 0) is 51.7 Å². The number of anilines is 1. The molecule has 0 aliphatic carbocycles. The molecule has 30 heavy (non-hydrogen) atoms. The number of hydrogen-bond donors (Lipinski definition) is 4. The van der Waals surface area contributed by atoms with Gasteiger partial charge in [-0.1, -0.05) is 23.7 Å². The summed E-state index contributed by atoms with van der Waals surface area (Å²) in [4.78, 5) is 46.6. The van der Waals surface area contributed by atoms with Crippen LogP contribution in [0.15, 0.2) is 18.2 Å². The van der Waals surface area contributed by atoms with Gasteiger partial charge in [0.15, 0.2) is 0 Å². The second kappa shape index (κ2) is 11.4. The van der Waals surface area contributed by atoms with Crippen LogP contribution in [0.25, 0.3) is 0 Å². The first kappa shape index (κ1) is 25.2. The second-order valence-corrected chi connectivity index (χ2v) is 8.10. The van der Waals surface area contributed by atoms with Crippen molar-refractivity contribution in [2.75, 3.05) is 5.32 Å². The first-order valence-corrected chi connectivity index (χ1v) is 9.84. The fourth-order valence-electron chi connectivity index (χ4n) is 2.52. The number of nitrogens with one attached hydrogen (secondary N) is 2. The van der Waals surface area contributed by atoms with E-state index >= 15 is 0 Å². The summed E-state index contributed by atoms with van der Waals surface area (Å²) >= 11 is 6.34. The predicted octanol–water partition coefficient (Wildman–Crippen LogP) is 2.84. The molecular formula is C20H28ClN3O6. The number of hydrogen-bond acceptors (Lipinski definition) is 5. The number of carboxylic acid groups (broad SMARTS) is 1. The molecule has 1 unspecified atom stereocenters. The molecule has 0 saturated carbocycles. The van der Waals surface area contributed by atoms with E-state index in [2.05, 4.69) is 10.6 Å². The number of aryl methyl sites for hydroxylation is 1.